The first-order valence-electron chi connectivity index (χ1n) is 12.0. The molecule has 0 spiro atoms. The van der Waals surface area contributed by atoms with Crippen LogP contribution in [0, 0.1) is 0 Å². The first kappa shape index (κ1) is 26.3. The molecule has 192 valence electrons. The van der Waals surface area contributed by atoms with Crippen molar-refractivity contribution in [1.29, 1.82) is 0 Å². The lowest BCUT2D eigenvalue weighted by molar-refractivity contribution is 0.0964. The number of aromatic nitrogens is 5. The van der Waals surface area contributed by atoms with Gasteiger partial charge in [-0.1, -0.05) is 18.2 Å². The maximum Gasteiger partial charge on any atom is 0.316 e. The van der Waals surface area contributed by atoms with Gasteiger partial charge in [-0.3, -0.25) is 9.78 Å². The molecule has 0 aliphatic carbocycles. The Morgan fingerprint density at radius 1 is 1.08 bits per heavy atom. The highest BCUT2D eigenvalue weighted by Crippen LogP contribution is 2.25. The third-order valence-electron chi connectivity index (χ3n) is 5.61. The van der Waals surface area contributed by atoms with E-state index in [4.69, 9.17) is 4.74 Å². The molecule has 37 heavy (non-hydrogen) atoms. The van der Waals surface area contributed by atoms with Crippen molar-refractivity contribution < 1.29 is 9.53 Å². The van der Waals surface area contributed by atoms with Crippen LogP contribution in [0.5, 0.6) is 6.01 Å². The van der Waals surface area contributed by atoms with Gasteiger partial charge in [0.25, 0.3) is 5.91 Å². The van der Waals surface area contributed by atoms with Gasteiger partial charge in [-0.15, -0.1) is 0 Å². The molecule has 0 aliphatic heterocycles. The maximum atomic E-state index is 12.3. The Labute approximate surface area is 220 Å². The third-order valence-corrected chi connectivity index (χ3v) is 6.61. The number of carbonyl (C=O) groups is 1. The Balaban J connectivity index is 1.46. The third kappa shape index (κ3) is 6.71. The minimum Gasteiger partial charge on any atom is -0.458 e. The van der Waals surface area contributed by atoms with Gasteiger partial charge in [-0.25, -0.2) is 19.9 Å². The Morgan fingerprint density at radius 2 is 1.86 bits per heavy atom. The fourth-order valence-electron chi connectivity index (χ4n) is 3.82. The molecule has 0 fully saturated rings. The minimum absolute atomic E-state index is 0.117. The van der Waals surface area contributed by atoms with Gasteiger partial charge in [-0.05, 0) is 45.1 Å². The van der Waals surface area contributed by atoms with Gasteiger partial charge < -0.3 is 15.4 Å². The summed E-state index contributed by atoms with van der Waals surface area (Å²) in [5.41, 5.74) is 3.72. The molecule has 2 N–H and O–H groups in total. The van der Waals surface area contributed by atoms with Crippen molar-refractivity contribution in [1.82, 2.24) is 30.2 Å². The number of rotatable bonds is 9. The van der Waals surface area contributed by atoms with Crippen LogP contribution >= 0.6 is 11.8 Å². The monoisotopic (exact) mass is 517 g/mol. The van der Waals surface area contributed by atoms with E-state index >= 15 is 0 Å². The van der Waals surface area contributed by atoms with Crippen LogP contribution in [0.25, 0.3) is 22.2 Å². The lowest BCUT2D eigenvalue weighted by Gasteiger charge is -2.19. The fourth-order valence-corrected chi connectivity index (χ4v) is 4.42. The Hall–Kier alpha value is -3.79. The van der Waals surface area contributed by atoms with Crippen LogP contribution in [0.1, 0.15) is 36.7 Å². The van der Waals surface area contributed by atoms with Crippen molar-refractivity contribution in [2.24, 2.45) is 0 Å². The second-order valence-corrected chi connectivity index (χ2v) is 10.6. The molecule has 1 unspecified atom stereocenters. The number of hydrogen-bond donors (Lipinski definition) is 2. The van der Waals surface area contributed by atoms with Crippen LogP contribution < -0.4 is 15.4 Å². The smallest absolute Gasteiger partial charge is 0.316 e. The summed E-state index contributed by atoms with van der Waals surface area (Å²) in [6.07, 6.45) is 9.50. The molecule has 10 heteroatoms. The van der Waals surface area contributed by atoms with Gasteiger partial charge in [0.2, 0.25) is 0 Å². The summed E-state index contributed by atoms with van der Waals surface area (Å²) < 4.78 is 5.70. The van der Waals surface area contributed by atoms with Crippen molar-refractivity contribution in [3.63, 3.8) is 0 Å². The number of amides is 1. The van der Waals surface area contributed by atoms with Crippen LogP contribution in [-0.2, 0) is 6.42 Å². The summed E-state index contributed by atoms with van der Waals surface area (Å²) >= 11 is 1.77. The zero-order valence-corrected chi connectivity index (χ0v) is 22.5. The molecule has 0 aliphatic rings. The predicted octanol–water partition coefficient (Wildman–Crippen LogP) is 4.40. The maximum absolute atomic E-state index is 12.3. The molecule has 0 bridgehead atoms. The SMILES string of the molecule is CNC(=O)c1ccnc2c(CC(CNc3cc(-c4cnc(OC(C)(C)C)nc4)ncn3)SC)cccc12. The van der Waals surface area contributed by atoms with Crippen LogP contribution in [-0.4, -0.2) is 61.5 Å². The Kier molecular flexibility index (Phi) is 8.17. The lowest BCUT2D eigenvalue weighted by Crippen LogP contribution is -2.24. The van der Waals surface area contributed by atoms with Crippen LogP contribution in [0.4, 0.5) is 5.82 Å². The topological polar surface area (TPSA) is 115 Å². The number of thioether (sulfide) groups is 1. The van der Waals surface area contributed by atoms with Gasteiger partial charge >= 0.3 is 6.01 Å². The normalized spacial score (nSPS) is 12.2. The van der Waals surface area contributed by atoms with Gasteiger partial charge in [0, 0.05) is 54.4 Å². The number of nitrogens with one attached hydrogen (secondary N) is 2. The summed E-state index contributed by atoms with van der Waals surface area (Å²) in [5.74, 6) is 0.603. The Morgan fingerprint density at radius 3 is 2.57 bits per heavy atom. The Bertz CT molecular complexity index is 1370. The van der Waals surface area contributed by atoms with Crippen LogP contribution in [0.2, 0.25) is 0 Å². The van der Waals surface area contributed by atoms with Gasteiger partial charge in [-0.2, -0.15) is 11.8 Å². The lowest BCUT2D eigenvalue weighted by atomic mass is 10.0. The van der Waals surface area contributed by atoms with E-state index in [0.717, 1.165) is 40.0 Å². The van der Waals surface area contributed by atoms with Gasteiger partial charge in [0.1, 0.15) is 17.7 Å². The van der Waals surface area contributed by atoms with Crippen LogP contribution in [0.3, 0.4) is 0 Å². The highest BCUT2D eigenvalue weighted by atomic mass is 32.2. The van der Waals surface area contributed by atoms with Crippen molar-refractivity contribution >= 4 is 34.4 Å². The quantitative estimate of drug-likeness (QED) is 0.333. The summed E-state index contributed by atoms with van der Waals surface area (Å²) in [6, 6.07) is 9.96. The molecule has 1 amide bonds. The van der Waals surface area contributed by atoms with E-state index < -0.39 is 0 Å². The average Bonchev–Trinajstić information content (AvgIpc) is 2.90. The van der Waals surface area contributed by atoms with Crippen molar-refractivity contribution in [3.8, 4) is 17.3 Å². The molecule has 0 radical (unpaired) electrons. The van der Waals surface area contributed by atoms with Crippen molar-refractivity contribution in [2.45, 2.75) is 38.0 Å². The molecule has 1 atom stereocenters. The second-order valence-electron chi connectivity index (χ2n) is 9.45. The van der Waals surface area contributed by atoms with Gasteiger partial charge in [0.05, 0.1) is 16.8 Å². The molecule has 3 heterocycles. The number of benzene rings is 1. The average molecular weight is 518 g/mol. The molecule has 0 saturated heterocycles. The summed E-state index contributed by atoms with van der Waals surface area (Å²) in [4.78, 5) is 34.2. The van der Waals surface area contributed by atoms with E-state index in [1.54, 1.807) is 43.5 Å². The molecule has 3 aromatic heterocycles. The van der Waals surface area contributed by atoms with Gasteiger partial charge in [0.15, 0.2) is 0 Å². The van der Waals surface area contributed by atoms with E-state index in [9.17, 15) is 4.79 Å². The number of pyridine rings is 1. The molecule has 1 aromatic carbocycles. The van der Waals surface area contributed by atoms with Crippen LogP contribution in [0.15, 0.2) is 55.2 Å². The number of fused-ring (bicyclic) bond motifs is 1. The highest BCUT2D eigenvalue weighted by molar-refractivity contribution is 7.99. The first-order valence-corrected chi connectivity index (χ1v) is 13.2. The molecule has 0 saturated carbocycles. The molecule has 4 rings (SSSR count). The number of carbonyl (C=O) groups excluding carboxylic acids is 1. The molecular weight excluding hydrogens is 486 g/mol. The van der Waals surface area contributed by atoms with E-state index in [2.05, 4.69) is 47.9 Å². The largest absolute Gasteiger partial charge is 0.458 e. The standard InChI is InChI=1S/C27H31N7O2S/c1-27(2,3)36-26-31-13-18(14-32-26)22-12-23(34-16-33-22)30-15-19(37-5)11-17-7-6-8-20-21(25(35)28-4)9-10-29-24(17)20/h6-10,12-14,16,19H,11,15H2,1-5H3,(H,28,35)(H,30,33,34). The highest BCUT2D eigenvalue weighted by Gasteiger charge is 2.16. The zero-order chi connectivity index (χ0) is 26.4. The number of anilines is 1. The predicted molar refractivity (Wildman–Crippen MR) is 148 cm³/mol. The number of para-hydroxylation sites is 1. The first-order chi connectivity index (χ1) is 17.8. The van der Waals surface area contributed by atoms with E-state index in [1.165, 1.54) is 6.33 Å². The number of hydrogen-bond acceptors (Lipinski definition) is 9. The van der Waals surface area contributed by atoms with Crippen molar-refractivity contribution in [3.05, 3.63) is 66.4 Å². The van der Waals surface area contributed by atoms with E-state index in [1.807, 2.05) is 39.0 Å². The summed E-state index contributed by atoms with van der Waals surface area (Å²) in [6.45, 7) is 6.55. The summed E-state index contributed by atoms with van der Waals surface area (Å²) in [7, 11) is 1.63. The fraction of sp³-hybridized carbons (Fsp3) is 0.333. The van der Waals surface area contributed by atoms with Crippen molar-refractivity contribution in [2.75, 3.05) is 25.2 Å². The molecule has 4 aromatic rings. The number of ether oxygens (including phenoxy) is 1. The van der Waals surface area contributed by atoms with E-state index in [0.29, 0.717) is 18.1 Å². The summed E-state index contributed by atoms with van der Waals surface area (Å²) in [5, 5.41) is 7.25. The zero-order valence-electron chi connectivity index (χ0n) is 21.6. The van der Waals surface area contributed by atoms with E-state index in [-0.39, 0.29) is 16.8 Å². The number of nitrogens with zero attached hydrogens (tertiary/aromatic N) is 5. The molecule has 9 nitrogen and oxygen atoms in total. The molecular formula is C27H31N7O2S. The minimum atomic E-state index is -0.365. The second kappa shape index (κ2) is 11.5.